The van der Waals surface area contributed by atoms with Crippen LogP contribution in [0.5, 0.6) is 17.2 Å². The van der Waals surface area contributed by atoms with Gasteiger partial charge in [-0.1, -0.05) is 12.1 Å². The van der Waals surface area contributed by atoms with Crippen LogP contribution in [0.2, 0.25) is 0 Å². The van der Waals surface area contributed by atoms with Crippen molar-refractivity contribution in [3.05, 3.63) is 85.3 Å². The molecule has 0 radical (unpaired) electrons. The van der Waals surface area contributed by atoms with Crippen molar-refractivity contribution in [3.8, 4) is 17.2 Å². The van der Waals surface area contributed by atoms with Crippen LogP contribution in [0.25, 0.3) is 6.08 Å². The zero-order chi connectivity index (χ0) is 26.3. The molecule has 37 heavy (non-hydrogen) atoms. The minimum atomic E-state index is -0.787. The van der Waals surface area contributed by atoms with Crippen LogP contribution in [0.1, 0.15) is 22.3 Å². The fraction of sp³-hybridized carbons (Fsp3) is 0.148. The number of aryl methyl sites for hydroxylation is 2. The molecule has 10 heteroatoms. The number of urea groups is 1. The number of amides is 4. The van der Waals surface area contributed by atoms with Crippen LogP contribution in [0.15, 0.2) is 63.0 Å². The maximum atomic E-state index is 13.2. The molecule has 1 saturated heterocycles. The van der Waals surface area contributed by atoms with E-state index in [-0.39, 0.29) is 19.0 Å². The Morgan fingerprint density at radius 1 is 0.946 bits per heavy atom. The van der Waals surface area contributed by atoms with Gasteiger partial charge in [0.05, 0.1) is 14.6 Å². The van der Waals surface area contributed by atoms with Gasteiger partial charge in [0.2, 0.25) is 6.79 Å². The molecule has 0 saturated carbocycles. The van der Waals surface area contributed by atoms with Gasteiger partial charge in [-0.25, -0.2) is 9.69 Å². The molecule has 3 aromatic carbocycles. The fourth-order valence-electron chi connectivity index (χ4n) is 3.91. The molecule has 4 amide bonds. The molecule has 2 aliphatic heterocycles. The highest BCUT2D eigenvalue weighted by Crippen LogP contribution is 2.37. The van der Waals surface area contributed by atoms with Gasteiger partial charge in [-0.3, -0.25) is 14.9 Å². The number of nitrogens with one attached hydrogen (secondary N) is 1. The number of hydrogen-bond acceptors (Lipinski definition) is 6. The van der Waals surface area contributed by atoms with E-state index in [9.17, 15) is 14.4 Å². The number of imide groups is 2. The van der Waals surface area contributed by atoms with Crippen LogP contribution < -0.4 is 24.4 Å². The van der Waals surface area contributed by atoms with E-state index in [0.717, 1.165) is 21.6 Å². The number of hydrogen-bond donors (Lipinski definition) is 1. The summed E-state index contributed by atoms with van der Waals surface area (Å²) in [6, 6.07) is 13.5. The van der Waals surface area contributed by atoms with Gasteiger partial charge in [0.15, 0.2) is 11.5 Å². The zero-order valence-corrected chi connectivity index (χ0v) is 22.9. The number of carbonyl (C=O) groups excluding carboxylic acids is 3. The number of nitrogens with zero attached hydrogens (tertiary/aromatic N) is 1. The standard InChI is InChI=1S/C27H20Br2N2O6/c1-14-3-5-18(7-15(14)2)31-26(33)19(25(32)30-27(31)34)8-17-9-20(28)24(21(29)10-17)35-12-16-4-6-22-23(11-16)37-13-36-22/h3-11H,12-13H2,1-2H3,(H,30,32,34)/b19-8+. The summed E-state index contributed by atoms with van der Waals surface area (Å²) in [5, 5.41) is 2.25. The number of fused-ring (bicyclic) bond motifs is 1. The molecule has 1 fully saturated rings. The lowest BCUT2D eigenvalue weighted by Crippen LogP contribution is -2.54. The number of anilines is 1. The van der Waals surface area contributed by atoms with E-state index in [4.69, 9.17) is 14.2 Å². The normalized spacial score (nSPS) is 15.8. The van der Waals surface area contributed by atoms with Crippen molar-refractivity contribution < 1.29 is 28.6 Å². The van der Waals surface area contributed by atoms with E-state index in [1.54, 1.807) is 24.3 Å². The molecular weight excluding hydrogens is 608 g/mol. The van der Waals surface area contributed by atoms with Crippen molar-refractivity contribution in [1.29, 1.82) is 0 Å². The highest BCUT2D eigenvalue weighted by molar-refractivity contribution is 9.11. The first-order chi connectivity index (χ1) is 17.7. The Hall–Kier alpha value is -3.63. The molecule has 188 valence electrons. The average Bonchev–Trinajstić information content (AvgIpc) is 3.31. The quantitative estimate of drug-likeness (QED) is 0.284. The molecule has 2 heterocycles. The van der Waals surface area contributed by atoms with E-state index >= 15 is 0 Å². The van der Waals surface area contributed by atoms with E-state index < -0.39 is 17.8 Å². The van der Waals surface area contributed by atoms with E-state index in [0.29, 0.717) is 37.4 Å². The number of barbiturate groups is 1. The Morgan fingerprint density at radius 2 is 1.68 bits per heavy atom. The average molecular weight is 628 g/mol. The highest BCUT2D eigenvalue weighted by atomic mass is 79.9. The lowest BCUT2D eigenvalue weighted by Gasteiger charge is -2.27. The monoisotopic (exact) mass is 626 g/mol. The van der Waals surface area contributed by atoms with Crippen molar-refractivity contribution in [2.45, 2.75) is 20.5 Å². The Balaban J connectivity index is 1.39. The molecule has 0 aliphatic carbocycles. The molecule has 0 bridgehead atoms. The van der Waals surface area contributed by atoms with Gasteiger partial charge in [0, 0.05) is 0 Å². The molecule has 0 spiro atoms. The second-order valence-electron chi connectivity index (χ2n) is 8.52. The predicted octanol–water partition coefficient (Wildman–Crippen LogP) is 5.80. The number of ether oxygens (including phenoxy) is 3. The number of carbonyl (C=O) groups is 3. The third-order valence-electron chi connectivity index (χ3n) is 6.00. The van der Waals surface area contributed by atoms with Crippen molar-refractivity contribution in [1.82, 2.24) is 5.32 Å². The van der Waals surface area contributed by atoms with E-state index in [2.05, 4.69) is 37.2 Å². The Morgan fingerprint density at radius 3 is 2.41 bits per heavy atom. The Labute approximate surface area is 229 Å². The summed E-state index contributed by atoms with van der Waals surface area (Å²) in [7, 11) is 0. The summed E-state index contributed by atoms with van der Waals surface area (Å²) in [6.45, 7) is 4.30. The summed E-state index contributed by atoms with van der Waals surface area (Å²) in [5.41, 5.74) is 3.63. The third kappa shape index (κ3) is 4.99. The van der Waals surface area contributed by atoms with Crippen LogP contribution in [0, 0.1) is 13.8 Å². The third-order valence-corrected chi connectivity index (χ3v) is 7.18. The fourth-order valence-corrected chi connectivity index (χ4v) is 5.36. The molecule has 0 atom stereocenters. The minimum absolute atomic E-state index is 0.161. The molecule has 0 aromatic heterocycles. The SMILES string of the molecule is Cc1ccc(N2C(=O)NC(=O)/C(=C\c3cc(Br)c(OCc4ccc5c(c4)OCO5)c(Br)c3)C2=O)cc1C. The lowest BCUT2D eigenvalue weighted by molar-refractivity contribution is -0.122. The summed E-state index contributed by atoms with van der Waals surface area (Å²) < 4.78 is 18.0. The molecule has 5 rings (SSSR count). The zero-order valence-electron chi connectivity index (χ0n) is 19.8. The van der Waals surface area contributed by atoms with Gasteiger partial charge in [-0.2, -0.15) is 0 Å². The topological polar surface area (TPSA) is 94.2 Å². The predicted molar refractivity (Wildman–Crippen MR) is 144 cm³/mol. The van der Waals surface area contributed by atoms with E-state index in [1.807, 2.05) is 38.1 Å². The first-order valence-electron chi connectivity index (χ1n) is 11.2. The second kappa shape index (κ2) is 10.0. The van der Waals surface area contributed by atoms with E-state index in [1.165, 1.54) is 6.08 Å². The molecule has 0 unspecified atom stereocenters. The molecule has 1 N–H and O–H groups in total. The Kier molecular flexibility index (Phi) is 6.78. The molecule has 8 nitrogen and oxygen atoms in total. The molecule has 2 aliphatic rings. The summed E-state index contributed by atoms with van der Waals surface area (Å²) in [5.74, 6) is 0.455. The molecular formula is C27H20Br2N2O6. The van der Waals surface area contributed by atoms with Crippen molar-refractivity contribution >= 4 is 61.5 Å². The lowest BCUT2D eigenvalue weighted by atomic mass is 10.0. The first kappa shape index (κ1) is 25.0. The van der Waals surface area contributed by atoms with Gasteiger partial charge in [0.1, 0.15) is 17.9 Å². The number of halogens is 2. The van der Waals surface area contributed by atoms with Gasteiger partial charge < -0.3 is 14.2 Å². The Bertz CT molecular complexity index is 1480. The maximum Gasteiger partial charge on any atom is 0.335 e. The first-order valence-corrected chi connectivity index (χ1v) is 12.8. The summed E-state index contributed by atoms with van der Waals surface area (Å²) >= 11 is 7.02. The largest absolute Gasteiger partial charge is 0.487 e. The van der Waals surface area contributed by atoms with Crippen molar-refractivity contribution in [2.75, 3.05) is 11.7 Å². The van der Waals surface area contributed by atoms with Gasteiger partial charge in [-0.15, -0.1) is 0 Å². The summed E-state index contributed by atoms with van der Waals surface area (Å²) in [4.78, 5) is 39.3. The van der Waals surface area contributed by atoms with Crippen molar-refractivity contribution in [2.24, 2.45) is 0 Å². The van der Waals surface area contributed by atoms with Gasteiger partial charge in [-0.05, 0) is 110 Å². The second-order valence-corrected chi connectivity index (χ2v) is 10.2. The smallest absolute Gasteiger partial charge is 0.335 e. The van der Waals surface area contributed by atoms with Gasteiger partial charge in [0.25, 0.3) is 11.8 Å². The summed E-state index contributed by atoms with van der Waals surface area (Å²) in [6.07, 6.45) is 1.44. The maximum absolute atomic E-state index is 13.2. The van der Waals surface area contributed by atoms with Crippen LogP contribution in [-0.4, -0.2) is 24.6 Å². The van der Waals surface area contributed by atoms with Crippen LogP contribution >= 0.6 is 31.9 Å². The van der Waals surface area contributed by atoms with Crippen molar-refractivity contribution in [3.63, 3.8) is 0 Å². The van der Waals surface area contributed by atoms with Gasteiger partial charge >= 0.3 is 6.03 Å². The van der Waals surface area contributed by atoms with Crippen LogP contribution in [0.3, 0.4) is 0 Å². The highest BCUT2D eigenvalue weighted by Gasteiger charge is 2.37. The van der Waals surface area contributed by atoms with Crippen LogP contribution in [0.4, 0.5) is 10.5 Å². The minimum Gasteiger partial charge on any atom is -0.487 e. The molecule has 3 aromatic rings. The number of rotatable bonds is 5. The number of benzene rings is 3. The van der Waals surface area contributed by atoms with Crippen LogP contribution in [-0.2, 0) is 16.2 Å².